The molecule has 1 aromatic heterocycles. The first-order chi connectivity index (χ1) is 9.34. The molecule has 1 aromatic carbocycles. The van der Waals surface area contributed by atoms with Crippen molar-refractivity contribution in [2.45, 2.75) is 18.8 Å². The minimum absolute atomic E-state index is 0.152. The highest BCUT2D eigenvalue weighted by molar-refractivity contribution is 5.82. The molecule has 1 saturated carbocycles. The summed E-state index contributed by atoms with van der Waals surface area (Å²) in [6.07, 6.45) is 3.38. The summed E-state index contributed by atoms with van der Waals surface area (Å²) in [4.78, 5) is 12.0. The summed E-state index contributed by atoms with van der Waals surface area (Å²) in [7, 11) is 0. The quantitative estimate of drug-likeness (QED) is 0.892. The molecule has 1 aliphatic carbocycles. The summed E-state index contributed by atoms with van der Waals surface area (Å²) in [5.41, 5.74) is 1.27. The van der Waals surface area contributed by atoms with Crippen molar-refractivity contribution in [3.63, 3.8) is 0 Å². The van der Waals surface area contributed by atoms with E-state index in [9.17, 15) is 4.79 Å². The van der Waals surface area contributed by atoms with E-state index in [1.54, 1.807) is 6.26 Å². The highest BCUT2D eigenvalue weighted by atomic mass is 16.3. The second-order valence-electron chi connectivity index (χ2n) is 4.98. The Balaban J connectivity index is 1.45. The van der Waals surface area contributed by atoms with Crippen LogP contribution in [0.2, 0.25) is 0 Å². The van der Waals surface area contributed by atoms with Gasteiger partial charge in [-0.2, -0.15) is 0 Å². The van der Waals surface area contributed by atoms with Crippen molar-refractivity contribution in [2.24, 2.45) is 5.92 Å². The van der Waals surface area contributed by atoms with E-state index in [0.29, 0.717) is 12.5 Å². The summed E-state index contributed by atoms with van der Waals surface area (Å²) in [5, 5.41) is 2.98. The Hall–Kier alpha value is -2.03. The lowest BCUT2D eigenvalue weighted by Crippen LogP contribution is -2.27. The molecular formula is C16H17NO2. The molecule has 1 N–H and O–H groups in total. The van der Waals surface area contributed by atoms with Gasteiger partial charge in [-0.05, 0) is 30.0 Å². The fourth-order valence-corrected chi connectivity index (χ4v) is 2.45. The Morgan fingerprint density at radius 3 is 2.79 bits per heavy atom. The SMILES string of the molecule is O=C(NCCc1ccco1)[C@@H]1C[C@@H]1c1ccccc1. The predicted octanol–water partition coefficient (Wildman–Crippen LogP) is 2.74. The molecule has 0 spiro atoms. The number of furan rings is 1. The van der Waals surface area contributed by atoms with Crippen LogP contribution in [0.3, 0.4) is 0 Å². The molecule has 3 nitrogen and oxygen atoms in total. The van der Waals surface area contributed by atoms with Crippen molar-refractivity contribution in [3.8, 4) is 0 Å². The lowest BCUT2D eigenvalue weighted by Gasteiger charge is -2.03. The molecule has 2 aromatic rings. The summed E-state index contributed by atoms with van der Waals surface area (Å²) in [6, 6.07) is 14.0. The summed E-state index contributed by atoms with van der Waals surface area (Å²) >= 11 is 0. The largest absolute Gasteiger partial charge is 0.469 e. The van der Waals surface area contributed by atoms with E-state index in [2.05, 4.69) is 17.4 Å². The van der Waals surface area contributed by atoms with Gasteiger partial charge in [0.1, 0.15) is 5.76 Å². The van der Waals surface area contributed by atoms with Crippen LogP contribution in [0.1, 0.15) is 23.7 Å². The zero-order valence-electron chi connectivity index (χ0n) is 10.7. The number of benzene rings is 1. The third-order valence-corrected chi connectivity index (χ3v) is 3.61. The van der Waals surface area contributed by atoms with E-state index in [0.717, 1.165) is 18.6 Å². The van der Waals surface area contributed by atoms with Gasteiger partial charge in [0.15, 0.2) is 0 Å². The van der Waals surface area contributed by atoms with E-state index in [-0.39, 0.29) is 11.8 Å². The number of hydrogen-bond donors (Lipinski definition) is 1. The average molecular weight is 255 g/mol. The first kappa shape index (κ1) is 12.0. The average Bonchev–Trinajstić information content (AvgIpc) is 3.09. The number of carbonyl (C=O) groups is 1. The third-order valence-electron chi connectivity index (χ3n) is 3.61. The number of hydrogen-bond acceptors (Lipinski definition) is 2. The van der Waals surface area contributed by atoms with Crippen LogP contribution < -0.4 is 5.32 Å². The summed E-state index contributed by atoms with van der Waals surface area (Å²) in [5.74, 6) is 1.64. The zero-order chi connectivity index (χ0) is 13.1. The van der Waals surface area contributed by atoms with E-state index < -0.39 is 0 Å². The first-order valence-corrected chi connectivity index (χ1v) is 6.69. The van der Waals surface area contributed by atoms with Crippen molar-refractivity contribution >= 4 is 5.91 Å². The Morgan fingerprint density at radius 2 is 2.05 bits per heavy atom. The van der Waals surface area contributed by atoms with Gasteiger partial charge in [-0.15, -0.1) is 0 Å². The van der Waals surface area contributed by atoms with Crippen molar-refractivity contribution in [2.75, 3.05) is 6.54 Å². The van der Waals surface area contributed by atoms with Gasteiger partial charge in [0.2, 0.25) is 5.91 Å². The van der Waals surface area contributed by atoms with Crippen LogP contribution in [-0.4, -0.2) is 12.5 Å². The smallest absolute Gasteiger partial charge is 0.223 e. The summed E-state index contributed by atoms with van der Waals surface area (Å²) < 4.78 is 5.23. The lowest BCUT2D eigenvalue weighted by molar-refractivity contribution is -0.122. The normalized spacial score (nSPS) is 21.1. The molecule has 19 heavy (non-hydrogen) atoms. The van der Waals surface area contributed by atoms with Gasteiger partial charge in [-0.3, -0.25) is 4.79 Å². The van der Waals surface area contributed by atoms with Crippen LogP contribution in [-0.2, 0) is 11.2 Å². The minimum Gasteiger partial charge on any atom is -0.469 e. The third kappa shape index (κ3) is 2.87. The maximum atomic E-state index is 12.0. The maximum absolute atomic E-state index is 12.0. The Morgan fingerprint density at radius 1 is 1.21 bits per heavy atom. The fourth-order valence-electron chi connectivity index (χ4n) is 2.45. The predicted molar refractivity (Wildman–Crippen MR) is 72.7 cm³/mol. The Labute approximate surface area is 112 Å². The van der Waals surface area contributed by atoms with Gasteiger partial charge < -0.3 is 9.73 Å². The number of carbonyl (C=O) groups excluding carboxylic acids is 1. The van der Waals surface area contributed by atoms with Crippen LogP contribution >= 0.6 is 0 Å². The molecule has 0 unspecified atom stereocenters. The second-order valence-corrected chi connectivity index (χ2v) is 4.98. The van der Waals surface area contributed by atoms with E-state index in [1.165, 1.54) is 5.56 Å². The summed E-state index contributed by atoms with van der Waals surface area (Å²) in [6.45, 7) is 0.643. The first-order valence-electron chi connectivity index (χ1n) is 6.69. The van der Waals surface area contributed by atoms with Crippen molar-refractivity contribution in [1.29, 1.82) is 0 Å². The molecule has 1 fully saturated rings. The number of rotatable bonds is 5. The van der Waals surface area contributed by atoms with Crippen LogP contribution in [0.5, 0.6) is 0 Å². The van der Waals surface area contributed by atoms with E-state index >= 15 is 0 Å². The monoisotopic (exact) mass is 255 g/mol. The second kappa shape index (κ2) is 5.31. The van der Waals surface area contributed by atoms with E-state index in [1.807, 2.05) is 30.3 Å². The van der Waals surface area contributed by atoms with Crippen LogP contribution in [0.15, 0.2) is 53.1 Å². The Bertz CT molecular complexity index is 533. The van der Waals surface area contributed by atoms with Gasteiger partial charge >= 0.3 is 0 Å². The molecule has 0 saturated heterocycles. The molecule has 3 heteroatoms. The minimum atomic E-state index is 0.152. The molecule has 1 heterocycles. The van der Waals surface area contributed by atoms with Gasteiger partial charge in [0, 0.05) is 18.9 Å². The molecule has 3 rings (SSSR count). The molecule has 0 aliphatic heterocycles. The zero-order valence-corrected chi connectivity index (χ0v) is 10.7. The number of amides is 1. The van der Waals surface area contributed by atoms with Crippen molar-refractivity contribution in [3.05, 3.63) is 60.1 Å². The standard InChI is InChI=1S/C16H17NO2/c18-16(17-9-8-13-7-4-10-19-13)15-11-14(15)12-5-2-1-3-6-12/h1-7,10,14-15H,8-9,11H2,(H,17,18)/t14-,15-/m1/s1. The van der Waals surface area contributed by atoms with Crippen molar-refractivity contribution < 1.29 is 9.21 Å². The van der Waals surface area contributed by atoms with E-state index in [4.69, 9.17) is 4.42 Å². The van der Waals surface area contributed by atoms with Crippen molar-refractivity contribution in [1.82, 2.24) is 5.32 Å². The van der Waals surface area contributed by atoms with Crippen LogP contribution in [0.4, 0.5) is 0 Å². The van der Waals surface area contributed by atoms with Gasteiger partial charge in [0.25, 0.3) is 0 Å². The lowest BCUT2D eigenvalue weighted by atomic mass is 10.1. The molecule has 2 atom stereocenters. The topological polar surface area (TPSA) is 42.2 Å². The molecule has 0 bridgehead atoms. The molecule has 1 aliphatic rings. The van der Waals surface area contributed by atoms with Gasteiger partial charge in [-0.25, -0.2) is 0 Å². The molecule has 0 radical (unpaired) electrons. The van der Waals surface area contributed by atoms with Gasteiger partial charge in [-0.1, -0.05) is 30.3 Å². The van der Waals surface area contributed by atoms with Crippen LogP contribution in [0.25, 0.3) is 0 Å². The van der Waals surface area contributed by atoms with Crippen LogP contribution in [0, 0.1) is 5.92 Å². The van der Waals surface area contributed by atoms with Gasteiger partial charge in [0.05, 0.1) is 6.26 Å². The number of nitrogens with one attached hydrogen (secondary N) is 1. The molecule has 1 amide bonds. The maximum Gasteiger partial charge on any atom is 0.223 e. The molecule has 98 valence electrons. The Kier molecular flexibility index (Phi) is 3.36. The highest BCUT2D eigenvalue weighted by Crippen LogP contribution is 2.47. The fraction of sp³-hybridized carbons (Fsp3) is 0.312. The highest BCUT2D eigenvalue weighted by Gasteiger charge is 2.43. The molecular weight excluding hydrogens is 238 g/mol.